The van der Waals surface area contributed by atoms with Crippen LogP contribution in [0.3, 0.4) is 0 Å². The molecule has 0 aliphatic heterocycles. The van der Waals surface area contributed by atoms with Crippen LogP contribution in [-0.2, 0) is 0 Å². The van der Waals surface area contributed by atoms with Gasteiger partial charge in [-0.1, -0.05) is 48.0 Å². The van der Waals surface area contributed by atoms with Crippen molar-refractivity contribution in [3.63, 3.8) is 0 Å². The highest BCUT2D eigenvalue weighted by Crippen LogP contribution is 2.35. The molecule has 0 atom stereocenters. The first-order valence-corrected chi connectivity index (χ1v) is 7.97. The van der Waals surface area contributed by atoms with Gasteiger partial charge in [-0.25, -0.2) is 0 Å². The predicted octanol–water partition coefficient (Wildman–Crippen LogP) is 7.11. The molecule has 3 rings (SSSR count). The maximum absolute atomic E-state index is 6.02. The summed E-state index contributed by atoms with van der Waals surface area (Å²) >= 11 is 12.0. The Morgan fingerprint density at radius 2 is 0.957 bits per heavy atom. The first-order valence-electron chi connectivity index (χ1n) is 7.21. The van der Waals surface area contributed by atoms with Gasteiger partial charge in [0.1, 0.15) is 0 Å². The third-order valence-electron chi connectivity index (χ3n) is 3.56. The molecule has 3 aromatic rings. The first kappa shape index (κ1) is 15.7. The Morgan fingerprint density at radius 3 is 1.30 bits per heavy atom. The van der Waals surface area contributed by atoms with Crippen LogP contribution >= 0.6 is 23.2 Å². The van der Waals surface area contributed by atoms with E-state index in [0.29, 0.717) is 10.0 Å². The summed E-state index contributed by atoms with van der Waals surface area (Å²) in [6.45, 7) is 3.80. The molecule has 0 aliphatic carbocycles. The summed E-state index contributed by atoms with van der Waals surface area (Å²) in [5, 5.41) is 1.43. The van der Waals surface area contributed by atoms with Gasteiger partial charge < -0.3 is 4.90 Å². The van der Waals surface area contributed by atoms with Gasteiger partial charge in [0.15, 0.2) is 0 Å². The van der Waals surface area contributed by atoms with Crippen LogP contribution < -0.4 is 4.90 Å². The molecule has 3 heteroatoms. The SMILES string of the molecule is C=Cc1ccc(N(c2ccc(Cl)cc2)c2ccc(Cl)cc2)cc1. The molecular weight excluding hydrogens is 325 g/mol. The molecule has 0 amide bonds. The minimum Gasteiger partial charge on any atom is -0.311 e. The molecule has 1 nitrogen and oxygen atoms in total. The van der Waals surface area contributed by atoms with Gasteiger partial charge >= 0.3 is 0 Å². The highest BCUT2D eigenvalue weighted by molar-refractivity contribution is 6.31. The standard InChI is InChI=1S/C20H15Cl2N/c1-2-15-3-9-18(10-4-15)23(19-11-5-16(21)6-12-19)20-13-7-17(22)8-14-20/h2-14H,1H2. The normalized spacial score (nSPS) is 10.3. The van der Waals surface area contributed by atoms with E-state index in [1.807, 2.05) is 66.7 Å². The Bertz CT molecular complexity index is 745. The predicted molar refractivity (Wildman–Crippen MR) is 101 cm³/mol. The van der Waals surface area contributed by atoms with Crippen molar-refractivity contribution in [3.8, 4) is 0 Å². The fourth-order valence-electron chi connectivity index (χ4n) is 2.39. The Morgan fingerprint density at radius 1 is 0.609 bits per heavy atom. The smallest absolute Gasteiger partial charge is 0.0462 e. The second-order valence-corrected chi connectivity index (χ2v) is 5.96. The summed E-state index contributed by atoms with van der Waals surface area (Å²) in [4.78, 5) is 2.15. The lowest BCUT2D eigenvalue weighted by atomic mass is 10.1. The maximum atomic E-state index is 6.02. The van der Waals surface area contributed by atoms with Gasteiger partial charge in [-0.15, -0.1) is 0 Å². The van der Waals surface area contributed by atoms with Crippen molar-refractivity contribution in [2.45, 2.75) is 0 Å². The van der Waals surface area contributed by atoms with Crippen LogP contribution in [0, 0.1) is 0 Å². The van der Waals surface area contributed by atoms with Crippen molar-refractivity contribution in [2.75, 3.05) is 4.90 Å². The highest BCUT2D eigenvalue weighted by atomic mass is 35.5. The minimum absolute atomic E-state index is 0.715. The Balaban J connectivity index is 2.10. The van der Waals surface area contributed by atoms with E-state index in [1.165, 1.54) is 0 Å². The van der Waals surface area contributed by atoms with E-state index in [2.05, 4.69) is 23.6 Å². The summed E-state index contributed by atoms with van der Waals surface area (Å²) in [7, 11) is 0. The average molecular weight is 340 g/mol. The van der Waals surface area contributed by atoms with Crippen molar-refractivity contribution in [2.24, 2.45) is 0 Å². The molecule has 0 aromatic heterocycles. The molecule has 0 fully saturated rings. The van der Waals surface area contributed by atoms with Crippen LogP contribution in [0.1, 0.15) is 5.56 Å². The van der Waals surface area contributed by atoms with Gasteiger partial charge in [-0.05, 0) is 66.2 Å². The molecule has 0 unspecified atom stereocenters. The van der Waals surface area contributed by atoms with Crippen molar-refractivity contribution in [3.05, 3.63) is 95.0 Å². The molecule has 0 saturated carbocycles. The molecule has 114 valence electrons. The van der Waals surface area contributed by atoms with Crippen LogP contribution in [0.25, 0.3) is 6.08 Å². The molecule has 0 bridgehead atoms. The number of rotatable bonds is 4. The van der Waals surface area contributed by atoms with E-state index >= 15 is 0 Å². The molecule has 0 heterocycles. The van der Waals surface area contributed by atoms with Gasteiger partial charge in [0.2, 0.25) is 0 Å². The van der Waals surface area contributed by atoms with Gasteiger partial charge in [0.05, 0.1) is 0 Å². The summed E-state index contributed by atoms with van der Waals surface area (Å²) in [6, 6.07) is 23.8. The Hall–Kier alpha value is -2.22. The third-order valence-corrected chi connectivity index (χ3v) is 4.06. The van der Waals surface area contributed by atoms with Crippen molar-refractivity contribution in [1.29, 1.82) is 0 Å². The fourth-order valence-corrected chi connectivity index (χ4v) is 2.64. The molecular formula is C20H15Cl2N. The molecule has 23 heavy (non-hydrogen) atoms. The van der Waals surface area contributed by atoms with E-state index in [4.69, 9.17) is 23.2 Å². The van der Waals surface area contributed by atoms with Gasteiger partial charge in [0.25, 0.3) is 0 Å². The number of halogens is 2. The lowest BCUT2D eigenvalue weighted by molar-refractivity contribution is 1.28. The summed E-state index contributed by atoms with van der Waals surface area (Å²) < 4.78 is 0. The molecule has 0 N–H and O–H groups in total. The molecule has 0 radical (unpaired) electrons. The molecule has 0 saturated heterocycles. The monoisotopic (exact) mass is 339 g/mol. The second kappa shape index (κ2) is 6.91. The average Bonchev–Trinajstić information content (AvgIpc) is 2.59. The van der Waals surface area contributed by atoms with E-state index in [1.54, 1.807) is 0 Å². The topological polar surface area (TPSA) is 3.24 Å². The Labute approximate surface area is 146 Å². The zero-order valence-electron chi connectivity index (χ0n) is 12.4. The lowest BCUT2D eigenvalue weighted by Gasteiger charge is -2.25. The largest absolute Gasteiger partial charge is 0.311 e. The van der Waals surface area contributed by atoms with E-state index in [0.717, 1.165) is 22.6 Å². The maximum Gasteiger partial charge on any atom is 0.0462 e. The quantitative estimate of drug-likeness (QED) is 0.489. The number of anilines is 3. The van der Waals surface area contributed by atoms with E-state index in [9.17, 15) is 0 Å². The number of hydrogen-bond donors (Lipinski definition) is 0. The fraction of sp³-hybridized carbons (Fsp3) is 0. The number of nitrogens with zero attached hydrogens (tertiary/aromatic N) is 1. The van der Waals surface area contributed by atoms with Crippen molar-refractivity contribution < 1.29 is 0 Å². The molecule has 0 aliphatic rings. The van der Waals surface area contributed by atoms with Crippen molar-refractivity contribution in [1.82, 2.24) is 0 Å². The molecule has 0 spiro atoms. The zero-order valence-corrected chi connectivity index (χ0v) is 13.9. The first-order chi connectivity index (χ1) is 11.2. The van der Waals surface area contributed by atoms with E-state index < -0.39 is 0 Å². The summed E-state index contributed by atoms with van der Waals surface area (Å²) in [5.74, 6) is 0. The molecule has 3 aromatic carbocycles. The lowest BCUT2D eigenvalue weighted by Crippen LogP contribution is -2.09. The van der Waals surface area contributed by atoms with Crippen LogP contribution in [-0.4, -0.2) is 0 Å². The minimum atomic E-state index is 0.715. The number of benzene rings is 3. The van der Waals surface area contributed by atoms with Crippen LogP contribution in [0.5, 0.6) is 0 Å². The van der Waals surface area contributed by atoms with Crippen LogP contribution in [0.15, 0.2) is 79.4 Å². The number of hydrogen-bond acceptors (Lipinski definition) is 1. The van der Waals surface area contributed by atoms with Gasteiger partial charge in [-0.3, -0.25) is 0 Å². The van der Waals surface area contributed by atoms with Gasteiger partial charge in [0, 0.05) is 27.1 Å². The van der Waals surface area contributed by atoms with E-state index in [-0.39, 0.29) is 0 Å². The van der Waals surface area contributed by atoms with Crippen molar-refractivity contribution >= 4 is 46.3 Å². The zero-order chi connectivity index (χ0) is 16.2. The van der Waals surface area contributed by atoms with Crippen LogP contribution in [0.2, 0.25) is 10.0 Å². The third kappa shape index (κ3) is 3.58. The second-order valence-electron chi connectivity index (χ2n) is 5.08. The summed E-state index contributed by atoms with van der Waals surface area (Å²) in [5.41, 5.74) is 4.20. The van der Waals surface area contributed by atoms with Crippen LogP contribution in [0.4, 0.5) is 17.1 Å². The Kier molecular flexibility index (Phi) is 4.71. The summed E-state index contributed by atoms with van der Waals surface area (Å²) in [6.07, 6.45) is 1.83. The highest BCUT2D eigenvalue weighted by Gasteiger charge is 2.12. The van der Waals surface area contributed by atoms with Gasteiger partial charge in [-0.2, -0.15) is 0 Å².